The Labute approximate surface area is 131 Å². The molecule has 0 saturated carbocycles. The van der Waals surface area contributed by atoms with Crippen LogP contribution in [0.2, 0.25) is 0 Å². The molecule has 0 radical (unpaired) electrons. The standard InChI is InChI=1S/C15H23NO3S2/c1-12-6-7-13(20-12)8-9-14(17)16(15(2,3)4)10-11-21(5,18)19/h6-9H,10-11H2,1-5H3/b9-8+. The molecule has 1 heterocycles. The summed E-state index contributed by atoms with van der Waals surface area (Å²) in [5, 5.41) is 0. The molecule has 1 rings (SSSR count). The van der Waals surface area contributed by atoms with Crippen LogP contribution in [0.1, 0.15) is 30.5 Å². The van der Waals surface area contributed by atoms with Gasteiger partial charge in [-0.3, -0.25) is 4.79 Å². The van der Waals surface area contributed by atoms with Crippen LogP contribution in [-0.2, 0) is 14.6 Å². The van der Waals surface area contributed by atoms with Crippen LogP contribution in [-0.4, -0.2) is 43.3 Å². The van der Waals surface area contributed by atoms with Crippen LogP contribution in [0.25, 0.3) is 6.08 Å². The van der Waals surface area contributed by atoms with E-state index in [4.69, 9.17) is 0 Å². The number of amides is 1. The summed E-state index contributed by atoms with van der Waals surface area (Å²) in [6.45, 7) is 7.91. The molecule has 1 amide bonds. The predicted octanol–water partition coefficient (Wildman–Crippen LogP) is 2.74. The van der Waals surface area contributed by atoms with E-state index in [1.54, 1.807) is 22.3 Å². The van der Waals surface area contributed by atoms with Gasteiger partial charge in [-0.05, 0) is 45.9 Å². The van der Waals surface area contributed by atoms with Crippen molar-refractivity contribution in [2.45, 2.75) is 33.2 Å². The Morgan fingerprint density at radius 1 is 1.33 bits per heavy atom. The number of thiophene rings is 1. The van der Waals surface area contributed by atoms with Crippen LogP contribution in [0.5, 0.6) is 0 Å². The minimum absolute atomic E-state index is 0.0258. The Morgan fingerprint density at radius 3 is 2.38 bits per heavy atom. The van der Waals surface area contributed by atoms with E-state index in [1.165, 1.54) is 17.2 Å². The molecule has 0 fully saturated rings. The van der Waals surface area contributed by atoms with E-state index in [1.807, 2.05) is 39.8 Å². The molecule has 0 saturated heterocycles. The van der Waals surface area contributed by atoms with Crippen LogP contribution in [0.15, 0.2) is 18.2 Å². The average Bonchev–Trinajstić information content (AvgIpc) is 2.69. The maximum absolute atomic E-state index is 12.3. The molecule has 6 heteroatoms. The molecule has 4 nitrogen and oxygen atoms in total. The zero-order valence-corrected chi connectivity index (χ0v) is 14.8. The van der Waals surface area contributed by atoms with Gasteiger partial charge in [-0.1, -0.05) is 0 Å². The molecule has 0 spiro atoms. The van der Waals surface area contributed by atoms with Crippen LogP contribution in [0.4, 0.5) is 0 Å². The van der Waals surface area contributed by atoms with Crippen molar-refractivity contribution in [2.75, 3.05) is 18.6 Å². The first-order chi connectivity index (χ1) is 9.49. The summed E-state index contributed by atoms with van der Waals surface area (Å²) in [7, 11) is -3.09. The summed E-state index contributed by atoms with van der Waals surface area (Å²) in [6.07, 6.45) is 4.47. The summed E-state index contributed by atoms with van der Waals surface area (Å²) in [6, 6.07) is 3.96. The third-order valence-corrected chi connectivity index (χ3v) is 4.80. The van der Waals surface area contributed by atoms with Gasteiger partial charge in [0.2, 0.25) is 5.91 Å². The van der Waals surface area contributed by atoms with Crippen molar-refractivity contribution in [1.29, 1.82) is 0 Å². The lowest BCUT2D eigenvalue weighted by Gasteiger charge is -2.34. The fourth-order valence-electron chi connectivity index (χ4n) is 1.82. The molecular weight excluding hydrogens is 306 g/mol. The van der Waals surface area contributed by atoms with Crippen molar-refractivity contribution >= 4 is 33.2 Å². The van der Waals surface area contributed by atoms with Crippen molar-refractivity contribution in [3.8, 4) is 0 Å². The van der Waals surface area contributed by atoms with E-state index < -0.39 is 15.4 Å². The maximum atomic E-state index is 12.3. The number of rotatable bonds is 5. The minimum atomic E-state index is -3.09. The topological polar surface area (TPSA) is 54.5 Å². The maximum Gasteiger partial charge on any atom is 0.247 e. The molecule has 0 aliphatic rings. The lowest BCUT2D eigenvalue weighted by atomic mass is 10.1. The Balaban J connectivity index is 2.83. The zero-order valence-electron chi connectivity index (χ0n) is 13.2. The summed E-state index contributed by atoms with van der Waals surface area (Å²) in [4.78, 5) is 16.1. The highest BCUT2D eigenvalue weighted by Gasteiger charge is 2.25. The first kappa shape index (κ1) is 17.9. The number of carbonyl (C=O) groups excluding carboxylic acids is 1. The van der Waals surface area contributed by atoms with Gasteiger partial charge in [0.15, 0.2) is 0 Å². The second kappa shape index (κ2) is 6.75. The van der Waals surface area contributed by atoms with E-state index in [-0.39, 0.29) is 18.2 Å². The normalized spacial score (nSPS) is 12.8. The fourth-order valence-corrected chi connectivity index (χ4v) is 3.11. The Kier molecular flexibility index (Phi) is 5.75. The van der Waals surface area contributed by atoms with E-state index in [0.29, 0.717) is 0 Å². The Bertz CT molecular complexity index is 622. The Hall–Kier alpha value is -1.14. The van der Waals surface area contributed by atoms with Crippen molar-refractivity contribution < 1.29 is 13.2 Å². The highest BCUT2D eigenvalue weighted by molar-refractivity contribution is 7.90. The van der Waals surface area contributed by atoms with E-state index in [2.05, 4.69) is 0 Å². The monoisotopic (exact) mass is 329 g/mol. The highest BCUT2D eigenvalue weighted by atomic mass is 32.2. The van der Waals surface area contributed by atoms with Gasteiger partial charge in [-0.25, -0.2) is 8.42 Å². The Morgan fingerprint density at radius 2 is 1.95 bits per heavy atom. The van der Waals surface area contributed by atoms with Gasteiger partial charge in [-0.2, -0.15) is 0 Å². The van der Waals surface area contributed by atoms with Gasteiger partial charge in [0.05, 0.1) is 5.75 Å². The van der Waals surface area contributed by atoms with Gasteiger partial charge in [0, 0.05) is 34.2 Å². The molecule has 118 valence electrons. The van der Waals surface area contributed by atoms with Crippen LogP contribution >= 0.6 is 11.3 Å². The van der Waals surface area contributed by atoms with Crippen LogP contribution in [0, 0.1) is 6.92 Å². The number of hydrogen-bond donors (Lipinski definition) is 0. The second-order valence-electron chi connectivity index (χ2n) is 6.07. The molecule has 0 atom stereocenters. The third-order valence-electron chi connectivity index (χ3n) is 2.91. The molecule has 1 aromatic heterocycles. The van der Waals surface area contributed by atoms with Gasteiger partial charge < -0.3 is 4.90 Å². The average molecular weight is 329 g/mol. The molecule has 0 aromatic carbocycles. The fraction of sp³-hybridized carbons (Fsp3) is 0.533. The molecular formula is C15H23NO3S2. The molecule has 0 aliphatic heterocycles. The number of hydrogen-bond acceptors (Lipinski definition) is 4. The first-order valence-electron chi connectivity index (χ1n) is 6.73. The number of sulfone groups is 1. The summed E-state index contributed by atoms with van der Waals surface area (Å²) >= 11 is 1.61. The third kappa shape index (κ3) is 6.44. The first-order valence-corrected chi connectivity index (χ1v) is 9.60. The second-order valence-corrected chi connectivity index (χ2v) is 9.65. The van der Waals surface area contributed by atoms with Gasteiger partial charge in [0.1, 0.15) is 9.84 Å². The lowest BCUT2D eigenvalue weighted by Crippen LogP contribution is -2.47. The van der Waals surface area contributed by atoms with Gasteiger partial charge in [0.25, 0.3) is 0 Å². The van der Waals surface area contributed by atoms with Gasteiger partial charge >= 0.3 is 0 Å². The van der Waals surface area contributed by atoms with Crippen molar-refractivity contribution in [1.82, 2.24) is 4.90 Å². The van der Waals surface area contributed by atoms with Crippen LogP contribution < -0.4 is 0 Å². The summed E-state index contributed by atoms with van der Waals surface area (Å²) in [5.41, 5.74) is -0.419. The van der Waals surface area contributed by atoms with Crippen molar-refractivity contribution in [3.63, 3.8) is 0 Å². The lowest BCUT2D eigenvalue weighted by molar-refractivity contribution is -0.130. The highest BCUT2D eigenvalue weighted by Crippen LogP contribution is 2.18. The van der Waals surface area contributed by atoms with E-state index >= 15 is 0 Å². The van der Waals surface area contributed by atoms with Crippen LogP contribution in [0.3, 0.4) is 0 Å². The molecule has 1 aromatic rings. The van der Waals surface area contributed by atoms with E-state index in [9.17, 15) is 13.2 Å². The quantitative estimate of drug-likeness (QED) is 0.781. The smallest absolute Gasteiger partial charge is 0.247 e. The number of carbonyl (C=O) groups is 1. The number of nitrogens with zero attached hydrogens (tertiary/aromatic N) is 1. The zero-order chi connectivity index (χ0) is 16.3. The van der Waals surface area contributed by atoms with Crippen molar-refractivity contribution in [2.24, 2.45) is 0 Å². The molecule has 0 aliphatic carbocycles. The molecule has 21 heavy (non-hydrogen) atoms. The largest absolute Gasteiger partial charge is 0.333 e. The van der Waals surface area contributed by atoms with Gasteiger partial charge in [-0.15, -0.1) is 11.3 Å². The SMILES string of the molecule is Cc1ccc(/C=C/C(=O)N(CCS(C)(=O)=O)C(C)(C)C)s1. The van der Waals surface area contributed by atoms with Crippen molar-refractivity contribution in [3.05, 3.63) is 28.0 Å². The summed E-state index contributed by atoms with van der Waals surface area (Å²) in [5.74, 6) is -0.195. The molecule has 0 unspecified atom stereocenters. The van der Waals surface area contributed by atoms with E-state index in [0.717, 1.165) is 4.88 Å². The molecule has 0 bridgehead atoms. The minimum Gasteiger partial charge on any atom is -0.333 e. The summed E-state index contributed by atoms with van der Waals surface area (Å²) < 4.78 is 22.6. The molecule has 0 N–H and O–H groups in total. The predicted molar refractivity (Wildman–Crippen MR) is 89.3 cm³/mol. The number of aryl methyl sites for hydroxylation is 1.